The Morgan fingerprint density at radius 2 is 1.69 bits per heavy atom. The van der Waals surface area contributed by atoms with Crippen LogP contribution in [0.3, 0.4) is 0 Å². The summed E-state index contributed by atoms with van der Waals surface area (Å²) in [5.74, 6) is 0.470. The van der Waals surface area contributed by atoms with E-state index in [0.717, 1.165) is 11.1 Å². The number of carbonyl (C=O) groups is 1. The molecule has 1 aliphatic rings. The lowest BCUT2D eigenvalue weighted by molar-refractivity contribution is -0.385. The lowest BCUT2D eigenvalue weighted by atomic mass is 10.2. The van der Waals surface area contributed by atoms with Crippen LogP contribution in [0.1, 0.15) is 16.7 Å². The van der Waals surface area contributed by atoms with Crippen LogP contribution in [0.5, 0.6) is 5.75 Å². The van der Waals surface area contributed by atoms with Crippen molar-refractivity contribution < 1.29 is 14.5 Å². The molecule has 1 aliphatic heterocycles. The molecular weight excluding hydrogens is 444 g/mol. The van der Waals surface area contributed by atoms with Crippen LogP contribution in [0.2, 0.25) is 0 Å². The van der Waals surface area contributed by atoms with Crippen molar-refractivity contribution in [3.8, 4) is 5.75 Å². The van der Waals surface area contributed by atoms with Crippen LogP contribution in [0.4, 0.5) is 5.69 Å². The van der Waals surface area contributed by atoms with Crippen molar-refractivity contribution in [1.29, 1.82) is 0 Å². The molecule has 0 aromatic heterocycles. The van der Waals surface area contributed by atoms with Crippen molar-refractivity contribution >= 4 is 46.0 Å². The molecule has 0 spiro atoms. The van der Waals surface area contributed by atoms with E-state index < -0.39 is 4.92 Å². The van der Waals surface area contributed by atoms with E-state index in [0.29, 0.717) is 27.1 Å². The normalized spacial score (nSPS) is 14.8. The molecule has 1 saturated heterocycles. The summed E-state index contributed by atoms with van der Waals surface area (Å²) in [5, 5.41) is 11.1. The predicted molar refractivity (Wildman–Crippen MR) is 129 cm³/mol. The van der Waals surface area contributed by atoms with Crippen molar-refractivity contribution in [2.45, 2.75) is 13.2 Å². The van der Waals surface area contributed by atoms with Gasteiger partial charge in [-0.15, -0.1) is 0 Å². The zero-order chi connectivity index (χ0) is 22.5. The number of nitro benzene ring substituents is 1. The average Bonchev–Trinajstić information content (AvgIpc) is 3.06. The van der Waals surface area contributed by atoms with Crippen LogP contribution in [0, 0.1) is 10.1 Å². The highest BCUT2D eigenvalue weighted by Crippen LogP contribution is 2.34. The Balaban J connectivity index is 1.42. The van der Waals surface area contributed by atoms with Gasteiger partial charge in [-0.1, -0.05) is 78.6 Å². The molecule has 160 valence electrons. The topological polar surface area (TPSA) is 72.7 Å². The van der Waals surface area contributed by atoms with Gasteiger partial charge in [-0.2, -0.15) is 0 Å². The number of benzene rings is 3. The first-order valence-electron chi connectivity index (χ1n) is 9.76. The van der Waals surface area contributed by atoms with Crippen molar-refractivity contribution in [1.82, 2.24) is 4.90 Å². The molecule has 8 heteroatoms. The van der Waals surface area contributed by atoms with Crippen molar-refractivity contribution in [3.63, 3.8) is 0 Å². The quantitative estimate of drug-likeness (QED) is 0.198. The lowest BCUT2D eigenvalue weighted by Gasteiger charge is -2.14. The van der Waals surface area contributed by atoms with Gasteiger partial charge in [0, 0.05) is 6.07 Å². The van der Waals surface area contributed by atoms with E-state index in [2.05, 4.69) is 0 Å². The molecule has 32 heavy (non-hydrogen) atoms. The van der Waals surface area contributed by atoms with Gasteiger partial charge >= 0.3 is 0 Å². The minimum atomic E-state index is -0.421. The third kappa shape index (κ3) is 5.04. The van der Waals surface area contributed by atoms with Gasteiger partial charge < -0.3 is 4.74 Å². The number of rotatable bonds is 7. The zero-order valence-corrected chi connectivity index (χ0v) is 18.5. The number of nitro groups is 1. The van der Waals surface area contributed by atoms with E-state index in [4.69, 9.17) is 17.0 Å². The Hall–Kier alpha value is -3.49. The van der Waals surface area contributed by atoms with E-state index in [9.17, 15) is 14.9 Å². The number of ether oxygens (including phenoxy) is 1. The number of thioether (sulfide) groups is 1. The number of thiocarbonyl (C=S) groups is 1. The Kier molecular flexibility index (Phi) is 6.63. The molecule has 1 fully saturated rings. The Labute approximate surface area is 194 Å². The Morgan fingerprint density at radius 3 is 2.41 bits per heavy atom. The predicted octanol–water partition coefficient (Wildman–Crippen LogP) is 5.58. The summed E-state index contributed by atoms with van der Waals surface area (Å²) in [6.07, 6.45) is 1.80. The van der Waals surface area contributed by atoms with Crippen LogP contribution in [-0.2, 0) is 17.9 Å². The van der Waals surface area contributed by atoms with E-state index in [-0.39, 0.29) is 18.2 Å². The molecule has 4 rings (SSSR count). The number of para-hydroxylation sites is 1. The molecule has 3 aromatic rings. The Morgan fingerprint density at radius 1 is 1.00 bits per heavy atom. The third-order valence-corrected chi connectivity index (χ3v) is 6.20. The second-order valence-electron chi connectivity index (χ2n) is 7.00. The first-order chi connectivity index (χ1) is 15.5. The van der Waals surface area contributed by atoms with Crippen molar-refractivity contribution in [2.75, 3.05) is 0 Å². The first-order valence-corrected chi connectivity index (χ1v) is 11.0. The summed E-state index contributed by atoms with van der Waals surface area (Å²) in [6.45, 7) is 0.538. The van der Waals surface area contributed by atoms with Crippen molar-refractivity contribution in [3.05, 3.63) is 111 Å². The van der Waals surface area contributed by atoms with Gasteiger partial charge in [0.05, 0.1) is 21.9 Å². The second kappa shape index (κ2) is 9.76. The van der Waals surface area contributed by atoms with Crippen LogP contribution in [0.25, 0.3) is 6.08 Å². The maximum absolute atomic E-state index is 12.8. The largest absolute Gasteiger partial charge is 0.489 e. The molecule has 0 atom stereocenters. The highest BCUT2D eigenvalue weighted by atomic mass is 32.2. The summed E-state index contributed by atoms with van der Waals surface area (Å²) in [4.78, 5) is 25.7. The SMILES string of the molecule is O=C1/C(=C/c2ccc(OCc3ccccc3[N+](=O)[O-])cc2)SC(=S)N1Cc1ccccc1. The molecule has 0 radical (unpaired) electrons. The molecule has 0 bridgehead atoms. The van der Waals surface area contributed by atoms with Crippen LogP contribution in [0.15, 0.2) is 83.8 Å². The summed E-state index contributed by atoms with van der Waals surface area (Å²) in [5.41, 5.74) is 2.39. The lowest BCUT2D eigenvalue weighted by Crippen LogP contribution is -2.27. The van der Waals surface area contributed by atoms with Gasteiger partial charge in [0.1, 0.15) is 16.7 Å². The number of hydrogen-bond acceptors (Lipinski definition) is 6. The van der Waals surface area contributed by atoms with Gasteiger partial charge in [0.2, 0.25) is 0 Å². The van der Waals surface area contributed by atoms with Gasteiger partial charge in [0.25, 0.3) is 11.6 Å². The number of amides is 1. The van der Waals surface area contributed by atoms with Gasteiger partial charge in [-0.3, -0.25) is 19.8 Å². The van der Waals surface area contributed by atoms with E-state index in [1.807, 2.05) is 42.5 Å². The van der Waals surface area contributed by atoms with Gasteiger partial charge in [-0.05, 0) is 35.4 Å². The number of nitrogens with zero attached hydrogens (tertiary/aromatic N) is 2. The minimum absolute atomic E-state index is 0.0293. The summed E-state index contributed by atoms with van der Waals surface area (Å²) in [7, 11) is 0. The van der Waals surface area contributed by atoms with E-state index in [1.54, 1.807) is 41.3 Å². The fourth-order valence-electron chi connectivity index (χ4n) is 3.19. The molecule has 0 saturated carbocycles. The van der Waals surface area contributed by atoms with Crippen LogP contribution < -0.4 is 4.74 Å². The summed E-state index contributed by atoms with van der Waals surface area (Å²) in [6, 6.07) is 23.4. The molecule has 1 heterocycles. The molecule has 1 amide bonds. The smallest absolute Gasteiger partial charge is 0.276 e. The molecule has 0 N–H and O–H groups in total. The second-order valence-corrected chi connectivity index (χ2v) is 8.67. The number of carbonyl (C=O) groups excluding carboxylic acids is 1. The molecule has 0 unspecified atom stereocenters. The standard InChI is InChI=1S/C24H18N2O4S2/c27-23-22(32-24(31)25(23)15-18-6-2-1-3-7-18)14-17-10-12-20(13-11-17)30-16-19-8-4-5-9-21(19)26(28)29/h1-14H,15-16H2/b22-14-. The molecule has 6 nitrogen and oxygen atoms in total. The summed E-state index contributed by atoms with van der Waals surface area (Å²) >= 11 is 6.69. The Bertz CT molecular complexity index is 1190. The fourth-order valence-corrected chi connectivity index (χ4v) is 4.44. The zero-order valence-electron chi connectivity index (χ0n) is 16.8. The fraction of sp³-hybridized carbons (Fsp3) is 0.0833. The monoisotopic (exact) mass is 462 g/mol. The van der Waals surface area contributed by atoms with Crippen molar-refractivity contribution in [2.24, 2.45) is 0 Å². The van der Waals surface area contributed by atoms with Gasteiger partial charge in [-0.25, -0.2) is 0 Å². The molecule has 0 aliphatic carbocycles. The molecular formula is C24H18N2O4S2. The van der Waals surface area contributed by atoms with Crippen LogP contribution in [-0.4, -0.2) is 20.1 Å². The maximum atomic E-state index is 12.8. The minimum Gasteiger partial charge on any atom is -0.489 e. The van der Waals surface area contributed by atoms with Gasteiger partial charge in [0.15, 0.2) is 0 Å². The highest BCUT2D eigenvalue weighted by molar-refractivity contribution is 8.26. The van der Waals surface area contributed by atoms with E-state index in [1.165, 1.54) is 17.8 Å². The van der Waals surface area contributed by atoms with Crippen LogP contribution >= 0.6 is 24.0 Å². The highest BCUT2D eigenvalue weighted by Gasteiger charge is 2.31. The number of hydrogen-bond donors (Lipinski definition) is 0. The summed E-state index contributed by atoms with van der Waals surface area (Å²) < 4.78 is 6.24. The molecule has 3 aromatic carbocycles. The van der Waals surface area contributed by atoms with E-state index >= 15 is 0 Å². The third-order valence-electron chi connectivity index (χ3n) is 4.82. The average molecular weight is 463 g/mol. The first kappa shape index (κ1) is 21.7. The maximum Gasteiger partial charge on any atom is 0.276 e.